The highest BCUT2D eigenvalue weighted by Crippen LogP contribution is 2.20. The van der Waals surface area contributed by atoms with Crippen molar-refractivity contribution >= 4 is 0 Å². The molecule has 0 aromatic carbocycles. The molecule has 0 spiro atoms. The summed E-state index contributed by atoms with van der Waals surface area (Å²) in [6.45, 7) is 5.07. The Hall–Kier alpha value is -0.300. The van der Waals surface area contributed by atoms with Crippen molar-refractivity contribution in [1.82, 2.24) is 0 Å². The van der Waals surface area contributed by atoms with Crippen LogP contribution in [0.1, 0.15) is 33.1 Å². The van der Waals surface area contributed by atoms with Crippen LogP contribution in [0.25, 0.3) is 0 Å². The third kappa shape index (κ3) is 1.84. The van der Waals surface area contributed by atoms with Gasteiger partial charge in [-0.25, -0.2) is 0 Å². The monoisotopic (exact) mass is 140 g/mol. The van der Waals surface area contributed by atoms with E-state index in [1.807, 2.05) is 0 Å². The molecule has 1 aliphatic rings. The normalized spacial score (nSPS) is 26.2. The van der Waals surface area contributed by atoms with Gasteiger partial charge in [0.15, 0.2) is 0 Å². The summed E-state index contributed by atoms with van der Waals surface area (Å²) in [5.74, 6) is 0. The highest BCUT2D eigenvalue weighted by atomic mass is 16.5. The van der Waals surface area contributed by atoms with E-state index in [-0.39, 0.29) is 0 Å². The van der Waals surface area contributed by atoms with Gasteiger partial charge < -0.3 is 4.74 Å². The lowest BCUT2D eigenvalue weighted by molar-refractivity contribution is 0.0773. The van der Waals surface area contributed by atoms with E-state index < -0.39 is 0 Å². The van der Waals surface area contributed by atoms with Gasteiger partial charge in [-0.2, -0.15) is 0 Å². The molecule has 0 heterocycles. The molecule has 0 aromatic heterocycles. The molecule has 0 saturated carbocycles. The molecule has 0 aromatic rings. The molecule has 0 radical (unpaired) electrons. The Balaban J connectivity index is 2.41. The molecule has 0 fully saturated rings. The number of allylic oxidation sites excluding steroid dienone is 1. The van der Waals surface area contributed by atoms with Gasteiger partial charge in [0.2, 0.25) is 0 Å². The van der Waals surface area contributed by atoms with E-state index in [9.17, 15) is 0 Å². The molecule has 1 nitrogen and oxygen atoms in total. The summed E-state index contributed by atoms with van der Waals surface area (Å²) in [5.41, 5.74) is 1.42. The van der Waals surface area contributed by atoms with E-state index in [2.05, 4.69) is 19.9 Å². The minimum atomic E-state index is 0.429. The minimum absolute atomic E-state index is 0.429. The summed E-state index contributed by atoms with van der Waals surface area (Å²) in [6, 6.07) is 0. The van der Waals surface area contributed by atoms with E-state index in [0.29, 0.717) is 6.10 Å². The summed E-state index contributed by atoms with van der Waals surface area (Å²) in [7, 11) is 0. The van der Waals surface area contributed by atoms with Gasteiger partial charge in [-0.15, -0.1) is 0 Å². The average Bonchev–Trinajstić information content (AvgIpc) is 1.94. The van der Waals surface area contributed by atoms with Crippen molar-refractivity contribution in [2.75, 3.05) is 6.61 Å². The Labute approximate surface area is 63.1 Å². The molecule has 0 saturated heterocycles. The molecule has 1 atom stereocenters. The zero-order valence-corrected chi connectivity index (χ0v) is 6.89. The largest absolute Gasteiger partial charge is 0.374 e. The minimum Gasteiger partial charge on any atom is -0.374 e. The first kappa shape index (κ1) is 7.80. The van der Waals surface area contributed by atoms with Gasteiger partial charge in [0.1, 0.15) is 0 Å². The Morgan fingerprint density at radius 1 is 1.70 bits per heavy atom. The van der Waals surface area contributed by atoms with Crippen molar-refractivity contribution in [3.8, 4) is 0 Å². The van der Waals surface area contributed by atoms with Gasteiger partial charge >= 0.3 is 0 Å². The van der Waals surface area contributed by atoms with E-state index in [1.54, 1.807) is 0 Å². The third-order valence-corrected chi connectivity index (χ3v) is 2.01. The Morgan fingerprint density at radius 2 is 2.50 bits per heavy atom. The maximum Gasteiger partial charge on any atom is 0.0782 e. The lowest BCUT2D eigenvalue weighted by Crippen LogP contribution is -2.16. The molecule has 1 aliphatic carbocycles. The van der Waals surface area contributed by atoms with Crippen LogP contribution in [0.5, 0.6) is 0 Å². The van der Waals surface area contributed by atoms with Crippen molar-refractivity contribution in [3.05, 3.63) is 11.6 Å². The fourth-order valence-corrected chi connectivity index (χ4v) is 1.41. The highest BCUT2D eigenvalue weighted by Gasteiger charge is 2.12. The standard InChI is InChI=1S/C9H16O/c1-3-10-9-7-5-4-6-8(9)2/h6,9H,3-5,7H2,1-2H3. The van der Waals surface area contributed by atoms with Gasteiger partial charge in [0, 0.05) is 6.61 Å². The molecule has 58 valence electrons. The van der Waals surface area contributed by atoms with E-state index in [0.717, 1.165) is 6.61 Å². The summed E-state index contributed by atoms with van der Waals surface area (Å²) >= 11 is 0. The highest BCUT2D eigenvalue weighted by molar-refractivity contribution is 5.08. The molecule has 10 heavy (non-hydrogen) atoms. The quantitative estimate of drug-likeness (QED) is 0.535. The van der Waals surface area contributed by atoms with Crippen LogP contribution in [0.4, 0.5) is 0 Å². The number of ether oxygens (including phenoxy) is 1. The van der Waals surface area contributed by atoms with Crippen LogP contribution in [-0.2, 0) is 4.74 Å². The predicted molar refractivity (Wildman–Crippen MR) is 43.0 cm³/mol. The molecule has 1 heteroatoms. The first-order chi connectivity index (χ1) is 4.84. The Morgan fingerprint density at radius 3 is 3.10 bits per heavy atom. The van der Waals surface area contributed by atoms with Crippen LogP contribution < -0.4 is 0 Å². The fraction of sp³-hybridized carbons (Fsp3) is 0.778. The van der Waals surface area contributed by atoms with Crippen molar-refractivity contribution in [1.29, 1.82) is 0 Å². The fourth-order valence-electron chi connectivity index (χ4n) is 1.41. The van der Waals surface area contributed by atoms with Crippen LogP contribution in [0.15, 0.2) is 11.6 Å². The zero-order chi connectivity index (χ0) is 7.40. The molecule has 0 aliphatic heterocycles. The van der Waals surface area contributed by atoms with Gasteiger partial charge in [-0.1, -0.05) is 6.08 Å². The second-order valence-electron chi connectivity index (χ2n) is 2.82. The van der Waals surface area contributed by atoms with Crippen LogP contribution in [0, 0.1) is 0 Å². The molecule has 0 N–H and O–H groups in total. The summed E-state index contributed by atoms with van der Waals surface area (Å²) in [6.07, 6.45) is 6.48. The lowest BCUT2D eigenvalue weighted by Gasteiger charge is -2.21. The van der Waals surface area contributed by atoms with E-state index >= 15 is 0 Å². The smallest absolute Gasteiger partial charge is 0.0782 e. The molecule has 1 rings (SSSR count). The SMILES string of the molecule is CCOC1CCCC=C1C. The Bertz CT molecular complexity index is 127. The number of hydrogen-bond donors (Lipinski definition) is 0. The summed E-state index contributed by atoms with van der Waals surface area (Å²) in [5, 5.41) is 0. The van der Waals surface area contributed by atoms with Crippen LogP contribution in [-0.4, -0.2) is 12.7 Å². The average molecular weight is 140 g/mol. The van der Waals surface area contributed by atoms with Crippen LogP contribution >= 0.6 is 0 Å². The second kappa shape index (κ2) is 3.77. The van der Waals surface area contributed by atoms with Crippen molar-refractivity contribution in [2.24, 2.45) is 0 Å². The summed E-state index contributed by atoms with van der Waals surface area (Å²) in [4.78, 5) is 0. The maximum absolute atomic E-state index is 5.53. The van der Waals surface area contributed by atoms with Crippen molar-refractivity contribution in [2.45, 2.75) is 39.2 Å². The third-order valence-electron chi connectivity index (χ3n) is 2.01. The lowest BCUT2D eigenvalue weighted by atomic mass is 9.98. The molecule has 1 unspecified atom stereocenters. The molecular formula is C9H16O. The van der Waals surface area contributed by atoms with Crippen LogP contribution in [0.2, 0.25) is 0 Å². The molecule has 0 amide bonds. The number of rotatable bonds is 2. The number of hydrogen-bond acceptors (Lipinski definition) is 1. The molecule has 0 bridgehead atoms. The predicted octanol–water partition coefficient (Wildman–Crippen LogP) is 2.52. The van der Waals surface area contributed by atoms with E-state index in [4.69, 9.17) is 4.74 Å². The van der Waals surface area contributed by atoms with Crippen molar-refractivity contribution in [3.63, 3.8) is 0 Å². The van der Waals surface area contributed by atoms with Gasteiger partial charge in [0.25, 0.3) is 0 Å². The first-order valence-corrected chi connectivity index (χ1v) is 4.13. The second-order valence-corrected chi connectivity index (χ2v) is 2.82. The van der Waals surface area contributed by atoms with Crippen molar-refractivity contribution < 1.29 is 4.74 Å². The Kier molecular flexibility index (Phi) is 2.94. The zero-order valence-electron chi connectivity index (χ0n) is 6.89. The van der Waals surface area contributed by atoms with Gasteiger partial charge in [-0.3, -0.25) is 0 Å². The van der Waals surface area contributed by atoms with Gasteiger partial charge in [0.05, 0.1) is 6.10 Å². The maximum atomic E-state index is 5.53. The topological polar surface area (TPSA) is 9.23 Å². The summed E-state index contributed by atoms with van der Waals surface area (Å²) < 4.78 is 5.53. The first-order valence-electron chi connectivity index (χ1n) is 4.13. The van der Waals surface area contributed by atoms with Crippen LogP contribution in [0.3, 0.4) is 0 Å². The van der Waals surface area contributed by atoms with E-state index in [1.165, 1.54) is 24.8 Å². The van der Waals surface area contributed by atoms with Gasteiger partial charge in [-0.05, 0) is 38.7 Å². The molecular weight excluding hydrogens is 124 g/mol.